The van der Waals surface area contributed by atoms with Gasteiger partial charge < -0.3 is 9.80 Å². The zero-order valence-electron chi connectivity index (χ0n) is 11.7. The number of aromatic nitrogens is 1. The molecule has 1 aliphatic rings. The molecular formula is C15H18FN3S. The molecule has 2 heterocycles. The number of anilines is 2. The van der Waals surface area contributed by atoms with Gasteiger partial charge >= 0.3 is 0 Å². The zero-order valence-corrected chi connectivity index (χ0v) is 12.5. The summed E-state index contributed by atoms with van der Waals surface area (Å²) < 4.78 is 13.9. The summed E-state index contributed by atoms with van der Waals surface area (Å²) >= 11 is 1.72. The van der Waals surface area contributed by atoms with Gasteiger partial charge in [-0.05, 0) is 26.0 Å². The van der Waals surface area contributed by atoms with E-state index in [9.17, 15) is 4.39 Å². The average molecular weight is 291 g/mol. The van der Waals surface area contributed by atoms with Crippen LogP contribution in [0, 0.1) is 12.7 Å². The molecule has 0 bridgehead atoms. The second-order valence-electron chi connectivity index (χ2n) is 5.19. The topological polar surface area (TPSA) is 19.4 Å². The van der Waals surface area contributed by atoms with Crippen LogP contribution in [0.3, 0.4) is 0 Å². The van der Waals surface area contributed by atoms with Gasteiger partial charge in [-0.1, -0.05) is 12.1 Å². The molecular weight excluding hydrogens is 273 g/mol. The molecule has 1 unspecified atom stereocenters. The van der Waals surface area contributed by atoms with Gasteiger partial charge in [0.2, 0.25) is 0 Å². The Kier molecular flexibility index (Phi) is 3.61. The quantitative estimate of drug-likeness (QED) is 0.846. The minimum absolute atomic E-state index is 0.141. The Hall–Kier alpha value is -1.62. The summed E-state index contributed by atoms with van der Waals surface area (Å²) in [5.41, 5.74) is 0.703. The van der Waals surface area contributed by atoms with E-state index in [1.165, 1.54) is 10.9 Å². The molecule has 0 radical (unpaired) electrons. The van der Waals surface area contributed by atoms with Gasteiger partial charge in [-0.2, -0.15) is 0 Å². The molecule has 3 nitrogen and oxygen atoms in total. The van der Waals surface area contributed by atoms with E-state index < -0.39 is 0 Å². The van der Waals surface area contributed by atoms with E-state index in [2.05, 4.69) is 28.6 Å². The summed E-state index contributed by atoms with van der Waals surface area (Å²) in [6, 6.07) is 7.33. The van der Waals surface area contributed by atoms with Crippen molar-refractivity contribution in [3.8, 4) is 0 Å². The summed E-state index contributed by atoms with van der Waals surface area (Å²) in [4.78, 5) is 10.1. The minimum atomic E-state index is -0.141. The molecule has 0 saturated carbocycles. The lowest BCUT2D eigenvalue weighted by Crippen LogP contribution is -2.52. The monoisotopic (exact) mass is 291 g/mol. The Balaban J connectivity index is 1.75. The van der Waals surface area contributed by atoms with E-state index in [1.807, 2.05) is 18.3 Å². The van der Waals surface area contributed by atoms with E-state index >= 15 is 0 Å². The van der Waals surface area contributed by atoms with Gasteiger partial charge in [0, 0.05) is 36.8 Å². The first-order valence-corrected chi connectivity index (χ1v) is 7.65. The normalized spacial score (nSPS) is 19.4. The predicted octanol–water partition coefficient (Wildman–Crippen LogP) is 3.31. The van der Waals surface area contributed by atoms with Crippen molar-refractivity contribution in [1.82, 2.24) is 4.98 Å². The van der Waals surface area contributed by atoms with Crippen LogP contribution in [0.2, 0.25) is 0 Å². The fourth-order valence-corrected chi connectivity index (χ4v) is 3.53. The number of hydrogen-bond donors (Lipinski definition) is 0. The van der Waals surface area contributed by atoms with Crippen molar-refractivity contribution in [2.24, 2.45) is 0 Å². The van der Waals surface area contributed by atoms with Crippen LogP contribution in [-0.2, 0) is 0 Å². The molecule has 1 fully saturated rings. The van der Waals surface area contributed by atoms with E-state index in [0.29, 0.717) is 11.7 Å². The molecule has 0 N–H and O–H groups in total. The Morgan fingerprint density at radius 2 is 2.10 bits per heavy atom. The van der Waals surface area contributed by atoms with Crippen molar-refractivity contribution < 1.29 is 4.39 Å². The molecule has 1 saturated heterocycles. The van der Waals surface area contributed by atoms with Crippen molar-refractivity contribution in [3.63, 3.8) is 0 Å². The number of halogens is 1. The number of hydrogen-bond acceptors (Lipinski definition) is 4. The highest BCUT2D eigenvalue weighted by Gasteiger charge is 2.26. The third-order valence-corrected chi connectivity index (χ3v) is 4.63. The van der Waals surface area contributed by atoms with Crippen molar-refractivity contribution in [1.29, 1.82) is 0 Å². The van der Waals surface area contributed by atoms with Crippen LogP contribution in [0.25, 0.3) is 0 Å². The highest BCUT2D eigenvalue weighted by Crippen LogP contribution is 2.28. The number of piperazine rings is 1. The van der Waals surface area contributed by atoms with E-state index in [4.69, 9.17) is 0 Å². The molecule has 1 aromatic heterocycles. The molecule has 106 valence electrons. The second kappa shape index (κ2) is 5.40. The maximum absolute atomic E-state index is 13.9. The molecule has 0 spiro atoms. The fraction of sp³-hybridized carbons (Fsp3) is 0.400. The lowest BCUT2D eigenvalue weighted by atomic mass is 10.1. The van der Waals surface area contributed by atoms with Crippen LogP contribution in [0.4, 0.5) is 15.2 Å². The first kappa shape index (κ1) is 13.4. The zero-order chi connectivity index (χ0) is 14.1. The van der Waals surface area contributed by atoms with Gasteiger partial charge in [0.05, 0.1) is 5.69 Å². The summed E-state index contributed by atoms with van der Waals surface area (Å²) in [5.74, 6) is -0.141. The van der Waals surface area contributed by atoms with Crippen LogP contribution in [0.5, 0.6) is 0 Å². The summed E-state index contributed by atoms with van der Waals surface area (Å²) in [6.45, 7) is 6.76. The van der Waals surface area contributed by atoms with Crippen molar-refractivity contribution in [2.75, 3.05) is 29.4 Å². The number of para-hydroxylation sites is 1. The average Bonchev–Trinajstić information content (AvgIpc) is 2.85. The molecule has 20 heavy (non-hydrogen) atoms. The van der Waals surface area contributed by atoms with E-state index in [-0.39, 0.29) is 5.82 Å². The van der Waals surface area contributed by atoms with Gasteiger partial charge in [-0.3, -0.25) is 0 Å². The lowest BCUT2D eigenvalue weighted by Gasteiger charge is -2.41. The van der Waals surface area contributed by atoms with E-state index in [0.717, 1.165) is 24.8 Å². The number of benzene rings is 1. The molecule has 5 heteroatoms. The first-order chi connectivity index (χ1) is 9.65. The largest absolute Gasteiger partial charge is 0.365 e. The van der Waals surface area contributed by atoms with Crippen LogP contribution >= 0.6 is 11.3 Å². The van der Waals surface area contributed by atoms with Gasteiger partial charge in [0.15, 0.2) is 5.13 Å². The summed E-state index contributed by atoms with van der Waals surface area (Å²) in [5, 5.41) is 1.07. The highest BCUT2D eigenvalue weighted by molar-refractivity contribution is 7.15. The third-order valence-electron chi connectivity index (χ3n) is 3.68. The molecule has 2 aromatic rings. The van der Waals surface area contributed by atoms with E-state index in [1.54, 1.807) is 17.4 Å². The van der Waals surface area contributed by atoms with Crippen molar-refractivity contribution in [2.45, 2.75) is 19.9 Å². The Bertz CT molecular complexity index is 598. The number of aryl methyl sites for hydroxylation is 1. The molecule has 1 atom stereocenters. The van der Waals surface area contributed by atoms with Gasteiger partial charge in [-0.15, -0.1) is 11.3 Å². The Labute approximate surface area is 122 Å². The number of rotatable bonds is 2. The second-order valence-corrected chi connectivity index (χ2v) is 6.41. The van der Waals surface area contributed by atoms with Crippen LogP contribution in [0.1, 0.15) is 11.8 Å². The Morgan fingerprint density at radius 1 is 1.30 bits per heavy atom. The first-order valence-electron chi connectivity index (χ1n) is 6.83. The predicted molar refractivity (Wildman–Crippen MR) is 82.3 cm³/mol. The minimum Gasteiger partial charge on any atom is -0.365 e. The van der Waals surface area contributed by atoms with Crippen molar-refractivity contribution in [3.05, 3.63) is 41.2 Å². The molecule has 0 aliphatic carbocycles. The standard InChI is InChI=1S/C15H18FN3S/c1-11-10-18(14-6-4-3-5-13(14)16)7-8-19(11)15-17-9-12(2)20-15/h3-6,9,11H,7-8,10H2,1-2H3. The number of thiazole rings is 1. The molecule has 1 aromatic carbocycles. The summed E-state index contributed by atoms with van der Waals surface area (Å²) in [7, 11) is 0. The van der Waals surface area contributed by atoms with Crippen LogP contribution in [0.15, 0.2) is 30.5 Å². The fourth-order valence-electron chi connectivity index (χ4n) is 2.64. The smallest absolute Gasteiger partial charge is 0.185 e. The van der Waals surface area contributed by atoms with Crippen molar-refractivity contribution >= 4 is 22.2 Å². The Morgan fingerprint density at radius 3 is 2.75 bits per heavy atom. The van der Waals surface area contributed by atoms with Crippen LogP contribution < -0.4 is 9.80 Å². The SMILES string of the molecule is Cc1cnc(N2CCN(c3ccccc3F)CC2C)s1. The van der Waals surface area contributed by atoms with Gasteiger partial charge in [-0.25, -0.2) is 9.37 Å². The van der Waals surface area contributed by atoms with Gasteiger partial charge in [0.25, 0.3) is 0 Å². The molecule has 0 amide bonds. The number of nitrogens with zero attached hydrogens (tertiary/aromatic N) is 3. The highest BCUT2D eigenvalue weighted by atomic mass is 32.1. The molecule has 3 rings (SSSR count). The summed E-state index contributed by atoms with van der Waals surface area (Å²) in [6.07, 6.45) is 1.91. The lowest BCUT2D eigenvalue weighted by molar-refractivity contribution is 0.536. The maximum atomic E-state index is 13.9. The van der Waals surface area contributed by atoms with Crippen LogP contribution in [-0.4, -0.2) is 30.7 Å². The maximum Gasteiger partial charge on any atom is 0.185 e. The van der Waals surface area contributed by atoms with Gasteiger partial charge in [0.1, 0.15) is 5.82 Å². The molecule has 1 aliphatic heterocycles. The third kappa shape index (κ3) is 2.50.